The van der Waals surface area contributed by atoms with E-state index in [9.17, 15) is 19.5 Å². The zero-order valence-corrected chi connectivity index (χ0v) is 19.7. The van der Waals surface area contributed by atoms with E-state index in [-0.39, 0.29) is 24.3 Å². The van der Waals surface area contributed by atoms with Gasteiger partial charge in [0.15, 0.2) is 0 Å². The van der Waals surface area contributed by atoms with Crippen LogP contribution in [0.2, 0.25) is 0 Å². The van der Waals surface area contributed by atoms with Gasteiger partial charge in [0, 0.05) is 19.0 Å². The van der Waals surface area contributed by atoms with Gasteiger partial charge in [0.25, 0.3) is 0 Å². The van der Waals surface area contributed by atoms with Gasteiger partial charge in [-0.15, -0.1) is 0 Å². The standard InChI is InChI=1S/C27H32N2O5/c1-3-17(2)24(25(30)29-14-12-18(13-15-29)26(31)32)28-27(33)34-16-23-21-10-6-4-8-19(21)20-9-5-7-11-22(20)23/h4-11,17-18,23-24H,3,12-16H2,1-2H3,(H,28,33)(H,31,32)/t17?,24-/m0/s1. The molecule has 180 valence electrons. The van der Waals surface area contributed by atoms with Crippen molar-refractivity contribution in [3.63, 3.8) is 0 Å². The number of rotatable bonds is 7. The van der Waals surface area contributed by atoms with Gasteiger partial charge in [0.05, 0.1) is 5.92 Å². The van der Waals surface area contributed by atoms with Gasteiger partial charge < -0.3 is 20.1 Å². The lowest BCUT2D eigenvalue weighted by atomic mass is 9.94. The van der Waals surface area contributed by atoms with Crippen molar-refractivity contribution >= 4 is 18.0 Å². The van der Waals surface area contributed by atoms with Crippen molar-refractivity contribution in [2.75, 3.05) is 19.7 Å². The Bertz CT molecular complexity index is 1010. The van der Waals surface area contributed by atoms with E-state index in [0.29, 0.717) is 32.4 Å². The van der Waals surface area contributed by atoms with Crippen LogP contribution >= 0.6 is 0 Å². The molecule has 2 aromatic carbocycles. The first kappa shape index (κ1) is 23.8. The van der Waals surface area contributed by atoms with E-state index in [1.807, 2.05) is 38.1 Å². The smallest absolute Gasteiger partial charge is 0.407 e. The molecule has 2 atom stereocenters. The van der Waals surface area contributed by atoms with Crippen molar-refractivity contribution < 1.29 is 24.2 Å². The number of likely N-dealkylation sites (tertiary alicyclic amines) is 1. The molecule has 2 aliphatic rings. The number of aliphatic carboxylic acids is 1. The molecule has 0 bridgehead atoms. The number of carbonyl (C=O) groups is 3. The summed E-state index contributed by atoms with van der Waals surface area (Å²) in [6.07, 6.45) is 0.963. The van der Waals surface area contributed by atoms with Gasteiger partial charge in [0.1, 0.15) is 12.6 Å². The zero-order chi connectivity index (χ0) is 24.2. The van der Waals surface area contributed by atoms with Crippen LogP contribution in [0.25, 0.3) is 11.1 Å². The number of hydrogen-bond acceptors (Lipinski definition) is 4. The van der Waals surface area contributed by atoms with Crippen LogP contribution < -0.4 is 5.32 Å². The number of hydrogen-bond donors (Lipinski definition) is 2. The van der Waals surface area contributed by atoms with E-state index >= 15 is 0 Å². The van der Waals surface area contributed by atoms with Gasteiger partial charge in [-0.2, -0.15) is 0 Å². The fourth-order valence-electron chi connectivity index (χ4n) is 4.99. The van der Waals surface area contributed by atoms with E-state index in [1.54, 1.807) is 4.90 Å². The average molecular weight is 465 g/mol. The van der Waals surface area contributed by atoms with Crippen LogP contribution in [-0.2, 0) is 14.3 Å². The molecule has 4 rings (SSSR count). The average Bonchev–Trinajstić information content (AvgIpc) is 3.19. The van der Waals surface area contributed by atoms with Crippen LogP contribution in [0.4, 0.5) is 4.79 Å². The van der Waals surface area contributed by atoms with E-state index in [4.69, 9.17) is 4.74 Å². The maximum absolute atomic E-state index is 13.2. The molecule has 0 saturated carbocycles. The largest absolute Gasteiger partial charge is 0.481 e. The number of carboxylic acid groups (broad SMARTS) is 1. The van der Waals surface area contributed by atoms with Gasteiger partial charge in [-0.1, -0.05) is 68.8 Å². The Morgan fingerprint density at radius 3 is 2.12 bits per heavy atom. The SMILES string of the molecule is CCC(C)[C@H](NC(=O)OCC1c2ccccc2-c2ccccc21)C(=O)N1CCC(C(=O)O)CC1. The monoisotopic (exact) mass is 464 g/mol. The Hall–Kier alpha value is -3.35. The summed E-state index contributed by atoms with van der Waals surface area (Å²) in [4.78, 5) is 38.9. The zero-order valence-electron chi connectivity index (χ0n) is 19.7. The minimum Gasteiger partial charge on any atom is -0.481 e. The second-order valence-electron chi connectivity index (χ2n) is 9.27. The normalized spacial score (nSPS) is 17.4. The van der Waals surface area contributed by atoms with Gasteiger partial charge in [-0.3, -0.25) is 9.59 Å². The molecular weight excluding hydrogens is 432 g/mol. The fraction of sp³-hybridized carbons (Fsp3) is 0.444. The third-order valence-corrected chi connectivity index (χ3v) is 7.25. The van der Waals surface area contributed by atoms with Gasteiger partial charge in [-0.05, 0) is 41.0 Å². The lowest BCUT2D eigenvalue weighted by molar-refractivity contribution is -0.146. The minimum absolute atomic E-state index is 0.0500. The van der Waals surface area contributed by atoms with Crippen molar-refractivity contribution in [1.29, 1.82) is 0 Å². The van der Waals surface area contributed by atoms with E-state index in [0.717, 1.165) is 22.3 Å². The molecule has 7 heteroatoms. The van der Waals surface area contributed by atoms with Crippen molar-refractivity contribution in [1.82, 2.24) is 10.2 Å². The van der Waals surface area contributed by atoms with Gasteiger partial charge in [-0.25, -0.2) is 4.79 Å². The van der Waals surface area contributed by atoms with Crippen LogP contribution in [-0.4, -0.2) is 53.7 Å². The summed E-state index contributed by atoms with van der Waals surface area (Å²) in [5, 5.41) is 12.0. The number of carbonyl (C=O) groups excluding carboxylic acids is 2. The molecule has 1 unspecified atom stereocenters. The second kappa shape index (κ2) is 10.3. The first-order valence-corrected chi connectivity index (χ1v) is 12.0. The Balaban J connectivity index is 1.40. The predicted octanol–water partition coefficient (Wildman–Crippen LogP) is 4.26. The highest BCUT2D eigenvalue weighted by Gasteiger charge is 2.35. The lowest BCUT2D eigenvalue weighted by Crippen LogP contribution is -2.53. The number of nitrogens with one attached hydrogen (secondary N) is 1. The Kier molecular flexibility index (Phi) is 7.20. The van der Waals surface area contributed by atoms with Crippen LogP contribution in [0, 0.1) is 11.8 Å². The highest BCUT2D eigenvalue weighted by atomic mass is 16.5. The number of fused-ring (bicyclic) bond motifs is 3. The summed E-state index contributed by atoms with van der Waals surface area (Å²) in [7, 11) is 0. The molecular formula is C27H32N2O5. The summed E-state index contributed by atoms with van der Waals surface area (Å²) in [6.45, 7) is 4.85. The molecule has 1 saturated heterocycles. The third kappa shape index (κ3) is 4.79. The third-order valence-electron chi connectivity index (χ3n) is 7.25. The molecule has 0 aromatic heterocycles. The van der Waals surface area contributed by atoms with Crippen molar-refractivity contribution in [3.05, 3.63) is 59.7 Å². The molecule has 2 aromatic rings. The van der Waals surface area contributed by atoms with Crippen molar-refractivity contribution in [2.45, 2.75) is 45.1 Å². The first-order valence-electron chi connectivity index (χ1n) is 12.0. The highest BCUT2D eigenvalue weighted by molar-refractivity contribution is 5.86. The number of piperidine rings is 1. The molecule has 0 spiro atoms. The Morgan fingerprint density at radius 2 is 1.59 bits per heavy atom. The number of benzene rings is 2. The molecule has 1 heterocycles. The van der Waals surface area contributed by atoms with Crippen LogP contribution in [0.15, 0.2) is 48.5 Å². The molecule has 1 aliphatic heterocycles. The first-order chi connectivity index (χ1) is 16.4. The van der Waals surface area contributed by atoms with Crippen LogP contribution in [0.1, 0.15) is 50.2 Å². The maximum Gasteiger partial charge on any atom is 0.407 e. The van der Waals surface area contributed by atoms with Crippen molar-refractivity contribution in [2.24, 2.45) is 11.8 Å². The highest BCUT2D eigenvalue weighted by Crippen LogP contribution is 2.44. The second-order valence-corrected chi connectivity index (χ2v) is 9.27. The summed E-state index contributed by atoms with van der Waals surface area (Å²) in [6, 6.07) is 15.6. The Labute approximate surface area is 200 Å². The Morgan fingerprint density at radius 1 is 1.03 bits per heavy atom. The summed E-state index contributed by atoms with van der Waals surface area (Å²) in [5.41, 5.74) is 4.58. The topological polar surface area (TPSA) is 95.9 Å². The quantitative estimate of drug-likeness (QED) is 0.638. The van der Waals surface area contributed by atoms with E-state index < -0.39 is 24.0 Å². The van der Waals surface area contributed by atoms with E-state index in [2.05, 4.69) is 29.6 Å². The fourth-order valence-corrected chi connectivity index (χ4v) is 4.99. The van der Waals surface area contributed by atoms with Crippen LogP contribution in [0.3, 0.4) is 0 Å². The predicted molar refractivity (Wildman–Crippen MR) is 128 cm³/mol. The summed E-state index contributed by atoms with van der Waals surface area (Å²) < 4.78 is 5.65. The molecule has 1 aliphatic carbocycles. The molecule has 2 N–H and O–H groups in total. The number of alkyl carbamates (subject to hydrolysis) is 1. The number of ether oxygens (including phenoxy) is 1. The summed E-state index contributed by atoms with van der Waals surface area (Å²) >= 11 is 0. The summed E-state index contributed by atoms with van der Waals surface area (Å²) in [5.74, 6) is -1.54. The molecule has 2 amide bonds. The number of amides is 2. The number of nitrogens with zero attached hydrogens (tertiary/aromatic N) is 1. The molecule has 0 radical (unpaired) electrons. The number of carboxylic acids is 1. The lowest BCUT2D eigenvalue weighted by Gasteiger charge is -2.34. The molecule has 7 nitrogen and oxygen atoms in total. The molecule has 1 fully saturated rings. The van der Waals surface area contributed by atoms with Gasteiger partial charge in [0.2, 0.25) is 5.91 Å². The minimum atomic E-state index is -0.817. The van der Waals surface area contributed by atoms with E-state index in [1.165, 1.54) is 0 Å². The maximum atomic E-state index is 13.2. The molecule has 34 heavy (non-hydrogen) atoms. The van der Waals surface area contributed by atoms with Gasteiger partial charge >= 0.3 is 12.1 Å². The van der Waals surface area contributed by atoms with Crippen LogP contribution in [0.5, 0.6) is 0 Å². The van der Waals surface area contributed by atoms with Crippen molar-refractivity contribution in [3.8, 4) is 11.1 Å².